The Bertz CT molecular complexity index is 1110. The van der Waals surface area contributed by atoms with E-state index in [0.29, 0.717) is 19.3 Å². The highest BCUT2D eigenvalue weighted by Crippen LogP contribution is 2.18. The minimum Gasteiger partial charge on any atom is -0.462 e. The molecular weight excluding hydrogens is 767 g/mol. The Hall–Kier alpha value is -2.44. The van der Waals surface area contributed by atoms with Crippen LogP contribution in [-0.2, 0) is 14.3 Å². The highest BCUT2D eigenvalue weighted by Gasteiger charge is 2.24. The first-order valence-electron chi connectivity index (χ1n) is 26.5. The molecule has 0 aliphatic heterocycles. The Balaban J connectivity index is 4.59. The first-order chi connectivity index (χ1) is 30.5. The summed E-state index contributed by atoms with van der Waals surface area (Å²) in [5, 5.41) is 23.8. The summed E-state index contributed by atoms with van der Waals surface area (Å²) < 4.78 is 5.93. The van der Waals surface area contributed by atoms with Crippen molar-refractivity contribution in [2.75, 3.05) is 6.61 Å². The minimum absolute atomic E-state index is 0.0651. The molecule has 6 nitrogen and oxygen atoms in total. The molecule has 0 spiro atoms. The standard InChI is InChI=1S/C56H101NO5/c1-4-7-10-13-16-19-22-25-26-27-28-29-30-31-34-37-40-43-46-49-56(61)62-52(47-44-41-38-35-32-23-20-17-14-11-8-5-2)50-55(60)57-53(51-58)54(59)48-45-42-39-36-33-24-21-18-15-12-9-6-3/h7,10,16,19,25-26,28-29,31,34,52-54,58-59H,4-6,8-9,11-15,17-18,20-24,27,30,32-33,35-51H2,1-3H3,(H,57,60)/b10-7-,19-16-,26-25-,29-28-,34-31-. The van der Waals surface area contributed by atoms with Crippen molar-refractivity contribution >= 4 is 11.9 Å². The van der Waals surface area contributed by atoms with Gasteiger partial charge in [-0.1, -0.05) is 236 Å². The van der Waals surface area contributed by atoms with E-state index in [2.05, 4.69) is 86.8 Å². The summed E-state index contributed by atoms with van der Waals surface area (Å²) in [7, 11) is 0. The van der Waals surface area contributed by atoms with Gasteiger partial charge in [-0.2, -0.15) is 0 Å². The monoisotopic (exact) mass is 868 g/mol. The molecule has 0 bridgehead atoms. The molecule has 6 heteroatoms. The summed E-state index contributed by atoms with van der Waals surface area (Å²) in [6.45, 7) is 6.37. The SMILES string of the molecule is CC/C=C\C/C=C\C/C=C\C/C=C\C/C=C\CCCCCC(=O)OC(CCCCCCCCCCCCCC)CC(=O)NC(CO)C(O)CCCCCCCCCCCCCC. The average molecular weight is 868 g/mol. The molecule has 0 aromatic rings. The van der Waals surface area contributed by atoms with Gasteiger partial charge in [0, 0.05) is 6.42 Å². The van der Waals surface area contributed by atoms with Gasteiger partial charge in [0.1, 0.15) is 6.10 Å². The van der Waals surface area contributed by atoms with Gasteiger partial charge in [-0.05, 0) is 70.6 Å². The van der Waals surface area contributed by atoms with Gasteiger partial charge in [0.2, 0.25) is 5.91 Å². The molecule has 1 amide bonds. The van der Waals surface area contributed by atoms with Crippen LogP contribution >= 0.6 is 0 Å². The van der Waals surface area contributed by atoms with E-state index in [-0.39, 0.29) is 24.9 Å². The van der Waals surface area contributed by atoms with Gasteiger partial charge in [0.25, 0.3) is 0 Å². The lowest BCUT2D eigenvalue weighted by molar-refractivity contribution is -0.151. The number of aliphatic hydroxyl groups excluding tert-OH is 2. The van der Waals surface area contributed by atoms with E-state index in [1.54, 1.807) is 0 Å². The molecule has 0 aromatic heterocycles. The number of nitrogens with one attached hydrogen (secondary N) is 1. The van der Waals surface area contributed by atoms with E-state index in [4.69, 9.17) is 4.74 Å². The van der Waals surface area contributed by atoms with Crippen LogP contribution in [0.25, 0.3) is 0 Å². The summed E-state index contributed by atoms with van der Waals surface area (Å²) in [5.41, 5.74) is 0. The molecule has 0 saturated carbocycles. The van der Waals surface area contributed by atoms with Crippen LogP contribution in [0, 0.1) is 0 Å². The summed E-state index contributed by atoms with van der Waals surface area (Å²) >= 11 is 0. The molecule has 0 aromatic carbocycles. The Kier molecular flexibility index (Phi) is 47.6. The van der Waals surface area contributed by atoms with Crippen molar-refractivity contribution in [3.8, 4) is 0 Å². The maximum absolute atomic E-state index is 13.2. The van der Waals surface area contributed by atoms with Gasteiger partial charge in [0.05, 0.1) is 25.2 Å². The number of esters is 1. The third kappa shape index (κ3) is 44.2. The topological polar surface area (TPSA) is 95.9 Å². The zero-order valence-electron chi connectivity index (χ0n) is 41.0. The second-order valence-corrected chi connectivity index (χ2v) is 17.9. The molecule has 360 valence electrons. The zero-order valence-corrected chi connectivity index (χ0v) is 41.0. The summed E-state index contributed by atoms with van der Waals surface area (Å²) in [4.78, 5) is 26.2. The predicted molar refractivity (Wildman–Crippen MR) is 268 cm³/mol. The molecule has 0 saturated heterocycles. The van der Waals surface area contributed by atoms with Crippen LogP contribution in [0.4, 0.5) is 0 Å². The molecule has 62 heavy (non-hydrogen) atoms. The maximum atomic E-state index is 13.2. The Morgan fingerprint density at radius 2 is 0.871 bits per heavy atom. The van der Waals surface area contributed by atoms with E-state index < -0.39 is 18.2 Å². The number of rotatable bonds is 47. The van der Waals surface area contributed by atoms with Crippen LogP contribution in [0.5, 0.6) is 0 Å². The van der Waals surface area contributed by atoms with Crippen LogP contribution < -0.4 is 5.32 Å². The number of aliphatic hydroxyl groups is 2. The molecule has 0 fully saturated rings. The molecule has 3 unspecified atom stereocenters. The Morgan fingerprint density at radius 1 is 0.484 bits per heavy atom. The van der Waals surface area contributed by atoms with Gasteiger partial charge >= 0.3 is 5.97 Å². The first-order valence-corrected chi connectivity index (χ1v) is 26.5. The molecule has 0 heterocycles. The van der Waals surface area contributed by atoms with Crippen molar-refractivity contribution in [2.24, 2.45) is 0 Å². The van der Waals surface area contributed by atoms with Crippen molar-refractivity contribution in [3.05, 3.63) is 60.8 Å². The van der Waals surface area contributed by atoms with Crippen LogP contribution in [0.3, 0.4) is 0 Å². The molecule has 0 radical (unpaired) electrons. The largest absolute Gasteiger partial charge is 0.462 e. The number of amides is 1. The van der Waals surface area contributed by atoms with Crippen LogP contribution in [0.15, 0.2) is 60.8 Å². The zero-order chi connectivity index (χ0) is 45.2. The molecule has 3 N–H and O–H groups in total. The van der Waals surface area contributed by atoms with Gasteiger partial charge < -0.3 is 20.3 Å². The van der Waals surface area contributed by atoms with Gasteiger partial charge in [0.15, 0.2) is 0 Å². The molecule has 0 rings (SSSR count). The lowest BCUT2D eigenvalue weighted by Crippen LogP contribution is -2.46. The lowest BCUT2D eigenvalue weighted by Gasteiger charge is -2.24. The molecule has 3 atom stereocenters. The van der Waals surface area contributed by atoms with Crippen LogP contribution in [0.2, 0.25) is 0 Å². The fourth-order valence-electron chi connectivity index (χ4n) is 7.87. The van der Waals surface area contributed by atoms with E-state index in [9.17, 15) is 19.8 Å². The van der Waals surface area contributed by atoms with E-state index in [0.717, 1.165) is 89.9 Å². The number of allylic oxidation sites excluding steroid dienone is 10. The maximum Gasteiger partial charge on any atom is 0.306 e. The predicted octanol–water partition coefficient (Wildman–Crippen LogP) is 16.0. The van der Waals surface area contributed by atoms with Crippen LogP contribution in [-0.4, -0.2) is 46.9 Å². The number of carbonyl (C=O) groups is 2. The van der Waals surface area contributed by atoms with Crippen LogP contribution in [0.1, 0.15) is 258 Å². The molecule has 0 aliphatic rings. The molecule has 0 aliphatic carbocycles. The van der Waals surface area contributed by atoms with Crippen molar-refractivity contribution in [2.45, 2.75) is 277 Å². The van der Waals surface area contributed by atoms with Gasteiger partial charge in [-0.3, -0.25) is 9.59 Å². The molecular formula is C56H101NO5. The van der Waals surface area contributed by atoms with Gasteiger partial charge in [-0.15, -0.1) is 0 Å². The minimum atomic E-state index is -0.793. The lowest BCUT2D eigenvalue weighted by atomic mass is 10.0. The average Bonchev–Trinajstić information content (AvgIpc) is 3.26. The summed E-state index contributed by atoms with van der Waals surface area (Å²) in [6.07, 6.45) is 61.3. The number of hydrogen-bond donors (Lipinski definition) is 3. The summed E-state index contributed by atoms with van der Waals surface area (Å²) in [6, 6.07) is -0.707. The third-order valence-corrected chi connectivity index (χ3v) is 11.9. The Morgan fingerprint density at radius 3 is 1.31 bits per heavy atom. The first kappa shape index (κ1) is 59.6. The van der Waals surface area contributed by atoms with Crippen molar-refractivity contribution < 1.29 is 24.5 Å². The van der Waals surface area contributed by atoms with Crippen molar-refractivity contribution in [1.29, 1.82) is 0 Å². The van der Waals surface area contributed by atoms with E-state index >= 15 is 0 Å². The van der Waals surface area contributed by atoms with E-state index in [1.807, 2.05) is 0 Å². The van der Waals surface area contributed by atoms with Crippen molar-refractivity contribution in [3.63, 3.8) is 0 Å². The number of ether oxygens (including phenoxy) is 1. The smallest absolute Gasteiger partial charge is 0.306 e. The fraction of sp³-hybridized carbons (Fsp3) is 0.786. The second kappa shape index (κ2) is 49.6. The van der Waals surface area contributed by atoms with Gasteiger partial charge in [-0.25, -0.2) is 0 Å². The Labute approximate surface area is 384 Å². The highest BCUT2D eigenvalue weighted by molar-refractivity contribution is 5.77. The third-order valence-electron chi connectivity index (χ3n) is 11.9. The van der Waals surface area contributed by atoms with E-state index in [1.165, 1.54) is 122 Å². The number of unbranched alkanes of at least 4 members (excludes halogenated alkanes) is 25. The second-order valence-electron chi connectivity index (χ2n) is 17.9. The normalized spacial score (nSPS) is 13.7. The quantitative estimate of drug-likeness (QED) is 0.0322. The highest BCUT2D eigenvalue weighted by atomic mass is 16.5. The number of carbonyl (C=O) groups excluding carboxylic acids is 2. The van der Waals surface area contributed by atoms with Crippen molar-refractivity contribution in [1.82, 2.24) is 5.32 Å². The summed E-state index contributed by atoms with van der Waals surface area (Å²) in [5.74, 6) is -0.506. The number of hydrogen-bond acceptors (Lipinski definition) is 5. The fourth-order valence-corrected chi connectivity index (χ4v) is 7.87.